The van der Waals surface area contributed by atoms with Crippen molar-refractivity contribution in [1.29, 1.82) is 0 Å². The number of imide groups is 1. The van der Waals surface area contributed by atoms with Crippen LogP contribution < -0.4 is 11.1 Å². The molecule has 0 aromatic heterocycles. The summed E-state index contributed by atoms with van der Waals surface area (Å²) in [6.07, 6.45) is 0. The molecule has 3 N–H and O–H groups in total. The Morgan fingerprint density at radius 1 is 0.926 bits per heavy atom. The standard InChI is InChI=1S/C20H19N3O4/c1-11(2)16(18(25)22-13-9-7-12(8-10-13)17(21)24)23-19(26)14-5-3-4-6-15(14)20(23)27/h3-11,16H,1-2H3,(H2,21,24)(H,22,25)/t16-/m1/s1. The van der Waals surface area contributed by atoms with Crippen LogP contribution in [0.3, 0.4) is 0 Å². The molecular weight excluding hydrogens is 346 g/mol. The molecule has 27 heavy (non-hydrogen) atoms. The van der Waals surface area contributed by atoms with Crippen molar-refractivity contribution in [3.63, 3.8) is 0 Å². The molecule has 0 bridgehead atoms. The minimum Gasteiger partial charge on any atom is -0.366 e. The van der Waals surface area contributed by atoms with Crippen LogP contribution in [-0.2, 0) is 4.79 Å². The minimum atomic E-state index is -0.965. The summed E-state index contributed by atoms with van der Waals surface area (Å²) in [5.74, 6) is -2.30. The van der Waals surface area contributed by atoms with E-state index in [2.05, 4.69) is 5.32 Å². The van der Waals surface area contributed by atoms with Crippen molar-refractivity contribution in [3.8, 4) is 0 Å². The summed E-state index contributed by atoms with van der Waals surface area (Å²) >= 11 is 0. The first-order valence-electron chi connectivity index (χ1n) is 8.49. The van der Waals surface area contributed by atoms with E-state index >= 15 is 0 Å². The SMILES string of the molecule is CC(C)[C@H](C(=O)Nc1ccc(C(N)=O)cc1)N1C(=O)c2ccccc2C1=O. The Balaban J connectivity index is 1.86. The quantitative estimate of drug-likeness (QED) is 0.790. The molecule has 1 aliphatic rings. The molecule has 1 heterocycles. The van der Waals surface area contributed by atoms with Crippen LogP contribution in [-0.4, -0.2) is 34.6 Å². The Morgan fingerprint density at radius 3 is 1.89 bits per heavy atom. The molecule has 7 heteroatoms. The van der Waals surface area contributed by atoms with Gasteiger partial charge >= 0.3 is 0 Å². The average Bonchev–Trinajstić information content (AvgIpc) is 2.88. The molecule has 0 saturated heterocycles. The second-order valence-corrected chi connectivity index (χ2v) is 6.65. The summed E-state index contributed by atoms with van der Waals surface area (Å²) in [6.45, 7) is 3.54. The predicted octanol–water partition coefficient (Wildman–Crippen LogP) is 2.04. The second-order valence-electron chi connectivity index (χ2n) is 6.65. The fraction of sp³-hybridized carbons (Fsp3) is 0.200. The first kappa shape index (κ1) is 18.3. The van der Waals surface area contributed by atoms with E-state index in [1.54, 1.807) is 38.1 Å². The third kappa shape index (κ3) is 3.31. The Labute approximate surface area is 156 Å². The normalized spacial score (nSPS) is 14.3. The first-order valence-corrected chi connectivity index (χ1v) is 8.49. The van der Waals surface area contributed by atoms with Crippen molar-refractivity contribution in [3.05, 3.63) is 65.2 Å². The van der Waals surface area contributed by atoms with Crippen molar-refractivity contribution >= 4 is 29.3 Å². The second kappa shape index (κ2) is 7.03. The maximum atomic E-state index is 12.9. The van der Waals surface area contributed by atoms with Gasteiger partial charge in [-0.2, -0.15) is 0 Å². The molecule has 3 rings (SSSR count). The number of benzene rings is 2. The summed E-state index contributed by atoms with van der Waals surface area (Å²) in [5, 5.41) is 2.70. The lowest BCUT2D eigenvalue weighted by Gasteiger charge is -2.28. The highest BCUT2D eigenvalue weighted by molar-refractivity contribution is 6.23. The van der Waals surface area contributed by atoms with Gasteiger partial charge in [-0.1, -0.05) is 26.0 Å². The van der Waals surface area contributed by atoms with E-state index in [0.717, 1.165) is 4.90 Å². The molecule has 0 spiro atoms. The number of primary amides is 1. The van der Waals surface area contributed by atoms with Crippen molar-refractivity contribution < 1.29 is 19.2 Å². The molecule has 0 unspecified atom stereocenters. The van der Waals surface area contributed by atoms with E-state index in [4.69, 9.17) is 5.73 Å². The van der Waals surface area contributed by atoms with Gasteiger partial charge in [-0.25, -0.2) is 0 Å². The lowest BCUT2D eigenvalue weighted by molar-refractivity contribution is -0.121. The Hall–Kier alpha value is -3.48. The smallest absolute Gasteiger partial charge is 0.262 e. The number of amides is 4. The van der Waals surface area contributed by atoms with Crippen LogP contribution in [0.5, 0.6) is 0 Å². The molecule has 0 radical (unpaired) electrons. The van der Waals surface area contributed by atoms with Gasteiger partial charge in [-0.3, -0.25) is 24.1 Å². The molecule has 138 valence electrons. The fourth-order valence-electron chi connectivity index (χ4n) is 3.11. The van der Waals surface area contributed by atoms with Gasteiger partial charge in [0, 0.05) is 11.3 Å². The number of nitrogens with zero attached hydrogens (tertiary/aromatic N) is 1. The number of hydrogen-bond donors (Lipinski definition) is 2. The van der Waals surface area contributed by atoms with E-state index in [1.165, 1.54) is 24.3 Å². The van der Waals surface area contributed by atoms with Gasteiger partial charge in [-0.05, 0) is 42.3 Å². The molecule has 0 aliphatic carbocycles. The highest BCUT2D eigenvalue weighted by atomic mass is 16.2. The molecule has 7 nitrogen and oxygen atoms in total. The van der Waals surface area contributed by atoms with Crippen LogP contribution in [0.25, 0.3) is 0 Å². The number of nitrogens with one attached hydrogen (secondary N) is 1. The van der Waals surface area contributed by atoms with Crippen molar-refractivity contribution in [2.75, 3.05) is 5.32 Å². The van der Waals surface area contributed by atoms with Crippen molar-refractivity contribution in [2.45, 2.75) is 19.9 Å². The van der Waals surface area contributed by atoms with Crippen LogP contribution in [0.4, 0.5) is 5.69 Å². The fourth-order valence-corrected chi connectivity index (χ4v) is 3.11. The van der Waals surface area contributed by atoms with Crippen LogP contribution in [0.15, 0.2) is 48.5 Å². The summed E-state index contributed by atoms with van der Waals surface area (Å²) in [4.78, 5) is 50.4. The molecular formula is C20H19N3O4. The molecule has 4 amide bonds. The number of fused-ring (bicyclic) bond motifs is 1. The third-order valence-corrected chi connectivity index (χ3v) is 4.44. The Bertz CT molecular complexity index is 899. The summed E-state index contributed by atoms with van der Waals surface area (Å²) < 4.78 is 0. The summed E-state index contributed by atoms with van der Waals surface area (Å²) in [7, 11) is 0. The van der Waals surface area contributed by atoms with Crippen molar-refractivity contribution in [1.82, 2.24) is 4.90 Å². The maximum absolute atomic E-state index is 12.9. The van der Waals surface area contributed by atoms with E-state index < -0.39 is 29.7 Å². The number of nitrogens with two attached hydrogens (primary N) is 1. The molecule has 2 aromatic carbocycles. The molecule has 1 aliphatic heterocycles. The molecule has 1 atom stereocenters. The topological polar surface area (TPSA) is 110 Å². The van der Waals surface area contributed by atoms with Crippen LogP contribution >= 0.6 is 0 Å². The van der Waals surface area contributed by atoms with Gasteiger partial charge in [0.15, 0.2) is 0 Å². The zero-order valence-electron chi connectivity index (χ0n) is 14.9. The number of rotatable bonds is 5. The van der Waals surface area contributed by atoms with Gasteiger partial charge in [-0.15, -0.1) is 0 Å². The highest BCUT2D eigenvalue weighted by Gasteiger charge is 2.43. The molecule has 0 fully saturated rings. The van der Waals surface area contributed by atoms with Crippen LogP contribution in [0, 0.1) is 5.92 Å². The maximum Gasteiger partial charge on any atom is 0.262 e. The molecule has 2 aromatic rings. The first-order chi connectivity index (χ1) is 12.8. The van der Waals surface area contributed by atoms with Crippen LogP contribution in [0.2, 0.25) is 0 Å². The number of anilines is 1. The van der Waals surface area contributed by atoms with Crippen LogP contribution in [0.1, 0.15) is 44.9 Å². The monoisotopic (exact) mass is 365 g/mol. The van der Waals surface area contributed by atoms with Gasteiger partial charge < -0.3 is 11.1 Å². The lowest BCUT2D eigenvalue weighted by Crippen LogP contribution is -2.50. The summed E-state index contributed by atoms with van der Waals surface area (Å²) in [5.41, 5.74) is 6.55. The number of hydrogen-bond acceptors (Lipinski definition) is 4. The summed E-state index contributed by atoms with van der Waals surface area (Å²) in [6, 6.07) is 11.6. The van der Waals surface area contributed by atoms with Gasteiger partial charge in [0.2, 0.25) is 11.8 Å². The largest absolute Gasteiger partial charge is 0.366 e. The van der Waals surface area contributed by atoms with Gasteiger partial charge in [0.25, 0.3) is 11.8 Å². The molecule has 0 saturated carbocycles. The van der Waals surface area contributed by atoms with E-state index in [9.17, 15) is 19.2 Å². The highest BCUT2D eigenvalue weighted by Crippen LogP contribution is 2.27. The number of carbonyl (C=O) groups is 4. The van der Waals surface area contributed by atoms with Gasteiger partial charge in [0.05, 0.1) is 11.1 Å². The lowest BCUT2D eigenvalue weighted by atomic mass is 10.0. The predicted molar refractivity (Wildman–Crippen MR) is 99.2 cm³/mol. The Morgan fingerprint density at radius 2 is 1.44 bits per heavy atom. The third-order valence-electron chi connectivity index (χ3n) is 4.44. The van der Waals surface area contributed by atoms with E-state index in [1.807, 2.05) is 0 Å². The zero-order valence-corrected chi connectivity index (χ0v) is 14.9. The minimum absolute atomic E-state index is 0.294. The number of carbonyl (C=O) groups excluding carboxylic acids is 4. The van der Waals surface area contributed by atoms with E-state index in [0.29, 0.717) is 22.4 Å². The zero-order chi connectivity index (χ0) is 19.7. The van der Waals surface area contributed by atoms with Gasteiger partial charge in [0.1, 0.15) is 6.04 Å². The van der Waals surface area contributed by atoms with Crippen molar-refractivity contribution in [2.24, 2.45) is 11.7 Å². The van der Waals surface area contributed by atoms with E-state index in [-0.39, 0.29) is 5.92 Å². The average molecular weight is 365 g/mol. The Kier molecular flexibility index (Phi) is 4.77.